The van der Waals surface area contributed by atoms with Crippen LogP contribution in [0.15, 0.2) is 43.1 Å². The van der Waals surface area contributed by atoms with Crippen LogP contribution in [0.4, 0.5) is 0 Å². The number of imidazole rings is 2. The van der Waals surface area contributed by atoms with Gasteiger partial charge in [-0.1, -0.05) is 0 Å². The summed E-state index contributed by atoms with van der Waals surface area (Å²) in [6.07, 6.45) is 7.80. The van der Waals surface area contributed by atoms with Crippen LogP contribution in [0.5, 0.6) is 0 Å². The number of aromatic nitrogens is 5. The van der Waals surface area contributed by atoms with Gasteiger partial charge in [-0.3, -0.25) is 14.1 Å². The van der Waals surface area contributed by atoms with Gasteiger partial charge in [0, 0.05) is 25.0 Å². The van der Waals surface area contributed by atoms with Crippen molar-refractivity contribution in [3.63, 3.8) is 0 Å². The number of hydrogen-bond acceptors (Lipinski definition) is 2. The molecule has 1 aliphatic rings. The van der Waals surface area contributed by atoms with E-state index in [1.54, 1.807) is 0 Å². The quantitative estimate of drug-likeness (QED) is 0.397. The normalized spacial score (nSPS) is 13.1. The molecule has 0 atom stereocenters. The molecule has 0 N–H and O–H groups in total. The number of aryl methyl sites for hydroxylation is 1. The molecule has 4 aromatic heterocycles. The summed E-state index contributed by atoms with van der Waals surface area (Å²) in [4.78, 5) is 8.79. The largest absolute Gasteiger partial charge is 0.272 e. The standard InChI is InChI=1S/C15H12N5/c1-18-12-3-2-5-17-14(12)20-9-19-8-10-4-6-16-7-11(10)13(19)15(18)20/h2-7,9H,8H2,1H3/q+1. The fourth-order valence-electron chi connectivity index (χ4n) is 3.27. The van der Waals surface area contributed by atoms with Crippen molar-refractivity contribution >= 4 is 16.8 Å². The van der Waals surface area contributed by atoms with Crippen molar-refractivity contribution in [2.75, 3.05) is 0 Å². The lowest BCUT2D eigenvalue weighted by molar-refractivity contribution is -0.484. The van der Waals surface area contributed by atoms with Gasteiger partial charge in [-0.15, -0.1) is 4.98 Å². The summed E-state index contributed by atoms with van der Waals surface area (Å²) >= 11 is 0. The van der Waals surface area contributed by atoms with Gasteiger partial charge >= 0.3 is 0 Å². The highest BCUT2D eigenvalue weighted by Gasteiger charge is 2.30. The lowest BCUT2D eigenvalue weighted by Crippen LogP contribution is -2.18. The molecule has 1 aliphatic heterocycles. The molecule has 0 saturated carbocycles. The smallest absolute Gasteiger partial charge is 0.272 e. The van der Waals surface area contributed by atoms with Gasteiger partial charge in [-0.05, 0) is 23.8 Å². The van der Waals surface area contributed by atoms with Crippen molar-refractivity contribution < 1.29 is 4.40 Å². The van der Waals surface area contributed by atoms with Crippen LogP contribution >= 0.6 is 0 Å². The first-order valence-corrected chi connectivity index (χ1v) is 6.62. The van der Waals surface area contributed by atoms with Crippen molar-refractivity contribution in [2.45, 2.75) is 6.54 Å². The highest BCUT2D eigenvalue weighted by molar-refractivity contribution is 5.82. The van der Waals surface area contributed by atoms with Crippen LogP contribution in [-0.2, 0) is 13.6 Å². The van der Waals surface area contributed by atoms with Gasteiger partial charge in [0.1, 0.15) is 0 Å². The molecule has 0 amide bonds. The summed E-state index contributed by atoms with van der Waals surface area (Å²) in [7, 11) is 2.09. The average molecular weight is 262 g/mol. The lowest BCUT2D eigenvalue weighted by Gasteiger charge is -1.95. The van der Waals surface area contributed by atoms with Crippen LogP contribution in [-0.4, -0.2) is 19.1 Å². The molecule has 5 heteroatoms. The van der Waals surface area contributed by atoms with Gasteiger partial charge in [-0.2, -0.15) is 4.40 Å². The first-order chi connectivity index (χ1) is 9.84. The van der Waals surface area contributed by atoms with Crippen molar-refractivity contribution in [1.29, 1.82) is 0 Å². The maximum absolute atomic E-state index is 4.51. The number of hydrogen-bond donors (Lipinski definition) is 0. The van der Waals surface area contributed by atoms with Crippen molar-refractivity contribution in [3.8, 4) is 11.3 Å². The highest BCUT2D eigenvalue weighted by Crippen LogP contribution is 2.34. The predicted octanol–water partition coefficient (Wildman–Crippen LogP) is 1.54. The summed E-state index contributed by atoms with van der Waals surface area (Å²) in [5.41, 5.74) is 7.09. The molecule has 5 nitrogen and oxygen atoms in total. The van der Waals surface area contributed by atoms with Crippen molar-refractivity contribution in [1.82, 2.24) is 19.1 Å². The average Bonchev–Trinajstić information content (AvgIpc) is 3.08. The molecule has 20 heavy (non-hydrogen) atoms. The predicted molar refractivity (Wildman–Crippen MR) is 74.2 cm³/mol. The van der Waals surface area contributed by atoms with Gasteiger partial charge in [0.2, 0.25) is 5.65 Å². The molecule has 5 heterocycles. The van der Waals surface area contributed by atoms with Gasteiger partial charge in [0.25, 0.3) is 5.65 Å². The third kappa shape index (κ3) is 1.02. The molecule has 0 spiro atoms. The van der Waals surface area contributed by atoms with E-state index in [0.29, 0.717) is 0 Å². The van der Waals surface area contributed by atoms with E-state index in [-0.39, 0.29) is 0 Å². The highest BCUT2D eigenvalue weighted by atomic mass is 15.2. The van der Waals surface area contributed by atoms with Crippen LogP contribution in [0.2, 0.25) is 0 Å². The summed E-state index contributed by atoms with van der Waals surface area (Å²) < 4.78 is 6.65. The Hall–Kier alpha value is -2.69. The third-order valence-corrected chi connectivity index (χ3v) is 4.16. The van der Waals surface area contributed by atoms with E-state index in [2.05, 4.69) is 49.0 Å². The lowest BCUT2D eigenvalue weighted by atomic mass is 10.1. The Morgan fingerprint density at radius 3 is 3.15 bits per heavy atom. The molecule has 0 aliphatic carbocycles. The number of rotatable bonds is 0. The van der Waals surface area contributed by atoms with E-state index in [1.807, 2.05) is 24.7 Å². The van der Waals surface area contributed by atoms with Crippen LogP contribution in [0.25, 0.3) is 28.1 Å². The second kappa shape index (κ2) is 3.25. The Balaban J connectivity index is 2.01. The SMILES string of the molecule is Cn1c2cccnc2[n+]2cn3c(c12)-c1cnccc1C3. The number of nitrogens with zero attached hydrogens (tertiary/aromatic N) is 5. The van der Waals surface area contributed by atoms with E-state index in [9.17, 15) is 0 Å². The Morgan fingerprint density at radius 1 is 1.25 bits per heavy atom. The van der Waals surface area contributed by atoms with Crippen LogP contribution in [0.3, 0.4) is 0 Å². The molecule has 0 fully saturated rings. The summed E-state index contributed by atoms with van der Waals surface area (Å²) in [6, 6.07) is 6.18. The molecule has 0 radical (unpaired) electrons. The molecule has 0 unspecified atom stereocenters. The van der Waals surface area contributed by atoms with Gasteiger partial charge in [0.15, 0.2) is 17.5 Å². The summed E-state index contributed by atoms with van der Waals surface area (Å²) in [6.45, 7) is 0.906. The molecular weight excluding hydrogens is 250 g/mol. The van der Waals surface area contributed by atoms with Crippen LogP contribution < -0.4 is 4.40 Å². The number of fused-ring (bicyclic) bond motifs is 7. The first-order valence-electron chi connectivity index (χ1n) is 6.62. The summed E-state index contributed by atoms with van der Waals surface area (Å²) in [5.74, 6) is 0. The zero-order valence-corrected chi connectivity index (χ0v) is 11.0. The van der Waals surface area contributed by atoms with E-state index in [1.165, 1.54) is 22.5 Å². The first kappa shape index (κ1) is 10.1. The fraction of sp³-hybridized carbons (Fsp3) is 0.133. The summed E-state index contributed by atoms with van der Waals surface area (Å²) in [5, 5.41) is 0. The third-order valence-electron chi connectivity index (χ3n) is 4.16. The van der Waals surface area contributed by atoms with Gasteiger partial charge in [0.05, 0.1) is 12.7 Å². The van der Waals surface area contributed by atoms with E-state index in [4.69, 9.17) is 0 Å². The van der Waals surface area contributed by atoms with Crippen molar-refractivity contribution in [2.24, 2.45) is 7.05 Å². The van der Waals surface area contributed by atoms with Gasteiger partial charge in [-0.25, -0.2) is 0 Å². The maximum Gasteiger partial charge on any atom is 0.272 e. The zero-order chi connectivity index (χ0) is 13.3. The van der Waals surface area contributed by atoms with E-state index < -0.39 is 0 Å². The Morgan fingerprint density at radius 2 is 2.20 bits per heavy atom. The molecule has 0 aromatic carbocycles. The molecule has 0 bridgehead atoms. The topological polar surface area (TPSA) is 39.7 Å². The maximum atomic E-state index is 4.51. The van der Waals surface area contributed by atoms with Gasteiger partial charge < -0.3 is 0 Å². The monoisotopic (exact) mass is 262 g/mol. The minimum Gasteiger partial charge on any atom is -0.272 e. The second-order valence-electron chi connectivity index (χ2n) is 5.22. The Bertz CT molecular complexity index is 992. The molecular formula is C15H12N5+. The molecule has 4 aromatic rings. The second-order valence-corrected chi connectivity index (χ2v) is 5.22. The Kier molecular flexibility index (Phi) is 1.65. The molecule has 5 rings (SSSR count). The fourth-order valence-corrected chi connectivity index (χ4v) is 3.27. The van der Waals surface area contributed by atoms with Crippen LogP contribution in [0.1, 0.15) is 5.56 Å². The number of pyridine rings is 2. The molecule has 96 valence electrons. The van der Waals surface area contributed by atoms with E-state index >= 15 is 0 Å². The van der Waals surface area contributed by atoms with Crippen molar-refractivity contribution in [3.05, 3.63) is 48.7 Å². The minimum atomic E-state index is 0.906. The Labute approximate surface area is 114 Å². The zero-order valence-electron chi connectivity index (χ0n) is 11.0. The minimum absolute atomic E-state index is 0.906. The molecule has 0 saturated heterocycles. The van der Waals surface area contributed by atoms with Crippen LogP contribution in [0, 0.1) is 0 Å². The van der Waals surface area contributed by atoms with E-state index in [0.717, 1.165) is 17.7 Å².